The quantitative estimate of drug-likeness (QED) is 0.161. The number of hydrogen-bond acceptors (Lipinski definition) is 4. The fourth-order valence-electron chi connectivity index (χ4n) is 4.38. The van der Waals surface area contributed by atoms with E-state index in [9.17, 15) is 18.3 Å². The van der Waals surface area contributed by atoms with Gasteiger partial charge >= 0.3 is 0 Å². The lowest BCUT2D eigenvalue weighted by molar-refractivity contribution is 0.0135. The van der Waals surface area contributed by atoms with Crippen molar-refractivity contribution in [2.75, 3.05) is 30.0 Å². The molecule has 0 aromatic heterocycles. The molecule has 0 saturated heterocycles. The van der Waals surface area contributed by atoms with Crippen molar-refractivity contribution in [3.05, 3.63) is 101 Å². The highest BCUT2D eigenvalue weighted by molar-refractivity contribution is 5.71. The number of nitrogens with two attached hydrogens (primary N) is 1. The van der Waals surface area contributed by atoms with Crippen LogP contribution in [0.4, 0.5) is 30.2 Å². The number of aliphatic hydroxyl groups excluding tert-OH is 1. The first-order chi connectivity index (χ1) is 18.8. The Morgan fingerprint density at radius 1 is 1.00 bits per heavy atom. The summed E-state index contributed by atoms with van der Waals surface area (Å²) < 4.78 is 41.2. The predicted octanol–water partition coefficient (Wildman–Crippen LogP) is 7.88. The molecule has 0 radical (unpaired) electrons. The molecule has 4 rings (SSSR count). The van der Waals surface area contributed by atoms with E-state index in [1.807, 2.05) is 51.2 Å². The fourth-order valence-corrected chi connectivity index (χ4v) is 4.38. The number of hydrogen-bond donors (Lipinski definition) is 4. The van der Waals surface area contributed by atoms with E-state index < -0.39 is 28.8 Å². The Kier molecular flexibility index (Phi) is 10.3. The van der Waals surface area contributed by atoms with E-state index in [0.717, 1.165) is 23.9 Å². The zero-order valence-electron chi connectivity index (χ0n) is 24.1. The Morgan fingerprint density at radius 3 is 2.20 bits per heavy atom. The maximum absolute atomic E-state index is 14.2. The predicted molar refractivity (Wildman–Crippen MR) is 160 cm³/mol. The zero-order valence-corrected chi connectivity index (χ0v) is 24.1. The van der Waals surface area contributed by atoms with E-state index in [1.54, 1.807) is 17.7 Å². The molecule has 1 saturated carbocycles. The molecule has 0 amide bonds. The number of aliphatic hydroxyl groups is 1. The SMILES string of the molecule is CC(O)C(C)(F)c1ccc(CC=C2CCC2)cc1.CNc1ccc(NCC(C)(C)c2ccc(F)cc2F)c(N)c1. The fraction of sp³-hybridized carbons (Fsp3) is 0.394. The topological polar surface area (TPSA) is 70.3 Å². The van der Waals surface area contributed by atoms with Crippen LogP contribution < -0.4 is 16.4 Å². The summed E-state index contributed by atoms with van der Waals surface area (Å²) in [6.07, 6.45) is 6.00. The van der Waals surface area contributed by atoms with Crippen LogP contribution in [-0.2, 0) is 17.5 Å². The Bertz CT molecular complexity index is 1290. The lowest BCUT2D eigenvalue weighted by Gasteiger charge is -2.27. The molecule has 3 aromatic carbocycles. The van der Waals surface area contributed by atoms with E-state index in [1.165, 1.54) is 50.8 Å². The minimum absolute atomic E-state index is 0.465. The zero-order chi connectivity index (χ0) is 29.5. The second-order valence-corrected chi connectivity index (χ2v) is 11.3. The van der Waals surface area contributed by atoms with Gasteiger partial charge in [-0.3, -0.25) is 0 Å². The number of nitrogen functional groups attached to an aromatic ring is 1. The molecule has 1 aliphatic carbocycles. The van der Waals surface area contributed by atoms with Gasteiger partial charge in [0.1, 0.15) is 11.6 Å². The number of allylic oxidation sites excluding steroid dienone is 2. The molecule has 7 heteroatoms. The van der Waals surface area contributed by atoms with Crippen LogP contribution in [0, 0.1) is 11.6 Å². The van der Waals surface area contributed by atoms with E-state index in [4.69, 9.17) is 5.73 Å². The van der Waals surface area contributed by atoms with Gasteiger partial charge in [-0.25, -0.2) is 13.2 Å². The summed E-state index contributed by atoms with van der Waals surface area (Å²) in [4.78, 5) is 0. The van der Waals surface area contributed by atoms with E-state index in [2.05, 4.69) is 16.7 Å². The highest BCUT2D eigenvalue weighted by Gasteiger charge is 2.31. The largest absolute Gasteiger partial charge is 0.397 e. The van der Waals surface area contributed by atoms with Crippen LogP contribution in [0.5, 0.6) is 0 Å². The van der Waals surface area contributed by atoms with Crippen molar-refractivity contribution >= 4 is 17.1 Å². The van der Waals surface area contributed by atoms with Crippen LogP contribution in [0.1, 0.15) is 63.6 Å². The lowest BCUT2D eigenvalue weighted by Crippen LogP contribution is -2.29. The summed E-state index contributed by atoms with van der Waals surface area (Å²) in [7, 11) is 1.82. The third kappa shape index (κ3) is 8.04. The van der Waals surface area contributed by atoms with Crippen LogP contribution in [0.2, 0.25) is 0 Å². The summed E-state index contributed by atoms with van der Waals surface area (Å²) in [5.41, 5.74) is 9.87. The second-order valence-electron chi connectivity index (χ2n) is 11.3. The molecule has 1 aliphatic rings. The van der Waals surface area contributed by atoms with Crippen molar-refractivity contribution in [2.24, 2.45) is 0 Å². The standard InChI is InChI=1S/C17H21F2N3.C16H21FO/c1-17(2,13-6-4-11(18)8-14(13)19)10-22-16-7-5-12(21-3)9-15(16)20;1-12(18)16(2,17)15-10-8-14(9-11-15)7-6-13-4-3-5-13/h4-9,21-22H,10,20H2,1-3H3;6,8-12,18H,3-5,7H2,1-2H3. The molecule has 216 valence electrons. The number of anilines is 3. The number of rotatable bonds is 9. The molecular formula is C33H42F3N3O. The van der Waals surface area contributed by atoms with Crippen molar-refractivity contribution in [3.8, 4) is 0 Å². The molecule has 5 N–H and O–H groups in total. The van der Waals surface area contributed by atoms with Crippen molar-refractivity contribution < 1.29 is 18.3 Å². The monoisotopic (exact) mass is 553 g/mol. The summed E-state index contributed by atoms with van der Waals surface area (Å²) in [5.74, 6) is -1.11. The van der Waals surface area contributed by atoms with Crippen LogP contribution >= 0.6 is 0 Å². The number of nitrogens with one attached hydrogen (secondary N) is 2. The number of alkyl halides is 1. The molecule has 0 bridgehead atoms. The average molecular weight is 554 g/mol. The Morgan fingerprint density at radius 2 is 1.68 bits per heavy atom. The van der Waals surface area contributed by atoms with E-state index in [-0.39, 0.29) is 0 Å². The first-order valence-electron chi connectivity index (χ1n) is 13.7. The molecular weight excluding hydrogens is 511 g/mol. The molecule has 40 heavy (non-hydrogen) atoms. The highest BCUT2D eigenvalue weighted by atomic mass is 19.1. The normalized spacial score (nSPS) is 15.2. The van der Waals surface area contributed by atoms with Crippen molar-refractivity contribution in [3.63, 3.8) is 0 Å². The van der Waals surface area contributed by atoms with Gasteiger partial charge in [-0.15, -0.1) is 0 Å². The van der Waals surface area contributed by atoms with Crippen molar-refractivity contribution in [1.82, 2.24) is 0 Å². The molecule has 0 heterocycles. The number of benzene rings is 3. The molecule has 2 unspecified atom stereocenters. The second kappa shape index (κ2) is 13.3. The summed E-state index contributed by atoms with van der Waals surface area (Å²) in [6, 6.07) is 16.7. The van der Waals surface area contributed by atoms with Gasteiger partial charge in [-0.2, -0.15) is 0 Å². The third-order valence-corrected chi connectivity index (χ3v) is 7.65. The van der Waals surface area contributed by atoms with Crippen molar-refractivity contribution in [2.45, 2.75) is 70.6 Å². The van der Waals surface area contributed by atoms with Gasteiger partial charge in [0.25, 0.3) is 0 Å². The van der Waals surface area contributed by atoms with Gasteiger partial charge < -0.3 is 21.5 Å². The Hall–Kier alpha value is -3.45. The van der Waals surface area contributed by atoms with Gasteiger partial charge in [0.15, 0.2) is 5.67 Å². The molecule has 3 aromatic rings. The first kappa shape index (κ1) is 31.1. The van der Waals surface area contributed by atoms with Crippen molar-refractivity contribution in [1.29, 1.82) is 0 Å². The van der Waals surface area contributed by atoms with Gasteiger partial charge in [-0.05, 0) is 80.5 Å². The Labute approximate surface area is 236 Å². The molecule has 4 nitrogen and oxygen atoms in total. The maximum atomic E-state index is 14.2. The minimum Gasteiger partial charge on any atom is -0.397 e. The average Bonchev–Trinajstić information content (AvgIpc) is 2.87. The van der Waals surface area contributed by atoms with E-state index >= 15 is 0 Å². The molecule has 0 aliphatic heterocycles. The van der Waals surface area contributed by atoms with Gasteiger partial charge in [0.05, 0.1) is 17.5 Å². The first-order valence-corrected chi connectivity index (χ1v) is 13.7. The smallest absolute Gasteiger partial charge is 0.158 e. The summed E-state index contributed by atoms with van der Waals surface area (Å²) >= 11 is 0. The third-order valence-electron chi connectivity index (χ3n) is 7.65. The van der Waals surface area contributed by atoms with Gasteiger partial charge in [-0.1, -0.05) is 55.8 Å². The molecule has 1 fully saturated rings. The van der Waals surface area contributed by atoms with Crippen LogP contribution in [0.3, 0.4) is 0 Å². The van der Waals surface area contributed by atoms with Crippen LogP contribution in [0.25, 0.3) is 0 Å². The van der Waals surface area contributed by atoms with Crippen LogP contribution in [0.15, 0.2) is 72.3 Å². The molecule has 0 spiro atoms. The minimum atomic E-state index is -1.68. The molecule has 2 atom stereocenters. The van der Waals surface area contributed by atoms with Gasteiger partial charge in [0, 0.05) is 30.8 Å². The summed E-state index contributed by atoms with van der Waals surface area (Å²) in [6.45, 7) is 7.17. The Balaban J connectivity index is 0.000000225. The lowest BCUT2D eigenvalue weighted by atomic mass is 9.84. The van der Waals surface area contributed by atoms with Crippen LogP contribution in [-0.4, -0.2) is 24.8 Å². The van der Waals surface area contributed by atoms with E-state index in [0.29, 0.717) is 23.4 Å². The highest BCUT2D eigenvalue weighted by Crippen LogP contribution is 2.31. The number of halogens is 3. The summed E-state index contributed by atoms with van der Waals surface area (Å²) in [5, 5.41) is 15.7. The van der Waals surface area contributed by atoms with Gasteiger partial charge in [0.2, 0.25) is 0 Å². The maximum Gasteiger partial charge on any atom is 0.158 e.